The molecule has 5 nitrogen and oxygen atoms in total. The molecule has 0 bridgehead atoms. The SMILES string of the molecule is CCNC(=O)CN(CC)[C@@H](C(=O)NC1CC1)c1ccccc1. The van der Waals surface area contributed by atoms with Crippen molar-refractivity contribution in [2.45, 2.75) is 38.8 Å². The highest BCUT2D eigenvalue weighted by molar-refractivity contribution is 5.85. The summed E-state index contributed by atoms with van der Waals surface area (Å²) >= 11 is 0. The average Bonchev–Trinajstić information content (AvgIpc) is 3.31. The van der Waals surface area contributed by atoms with Gasteiger partial charge in [0.05, 0.1) is 6.54 Å². The summed E-state index contributed by atoms with van der Waals surface area (Å²) in [5.74, 6) is -0.0654. The second-order valence-electron chi connectivity index (χ2n) is 5.61. The first-order valence-electron chi connectivity index (χ1n) is 8.01. The minimum absolute atomic E-state index is 0.0140. The van der Waals surface area contributed by atoms with Gasteiger partial charge in [-0.15, -0.1) is 0 Å². The van der Waals surface area contributed by atoms with E-state index in [-0.39, 0.29) is 18.4 Å². The van der Waals surface area contributed by atoms with Crippen molar-refractivity contribution >= 4 is 11.8 Å². The molecule has 0 spiro atoms. The summed E-state index contributed by atoms with van der Waals surface area (Å²) in [4.78, 5) is 26.5. The van der Waals surface area contributed by atoms with Crippen molar-refractivity contribution in [3.05, 3.63) is 35.9 Å². The van der Waals surface area contributed by atoms with Crippen LogP contribution in [0.15, 0.2) is 30.3 Å². The van der Waals surface area contributed by atoms with Gasteiger partial charge in [0.2, 0.25) is 11.8 Å². The van der Waals surface area contributed by atoms with Crippen LogP contribution >= 0.6 is 0 Å². The van der Waals surface area contributed by atoms with E-state index in [9.17, 15) is 9.59 Å². The van der Waals surface area contributed by atoms with E-state index in [1.807, 2.05) is 49.1 Å². The quantitative estimate of drug-likeness (QED) is 0.764. The Labute approximate surface area is 132 Å². The third kappa shape index (κ3) is 4.56. The van der Waals surface area contributed by atoms with Crippen molar-refractivity contribution in [1.82, 2.24) is 15.5 Å². The van der Waals surface area contributed by atoms with E-state index in [0.717, 1.165) is 18.4 Å². The molecule has 1 aliphatic carbocycles. The van der Waals surface area contributed by atoms with Gasteiger partial charge < -0.3 is 10.6 Å². The van der Waals surface area contributed by atoms with Crippen LogP contribution in [-0.4, -0.2) is 42.4 Å². The third-order valence-corrected chi connectivity index (χ3v) is 3.78. The Morgan fingerprint density at radius 3 is 2.45 bits per heavy atom. The fourth-order valence-electron chi connectivity index (χ4n) is 2.49. The monoisotopic (exact) mass is 303 g/mol. The fourth-order valence-corrected chi connectivity index (χ4v) is 2.49. The normalized spacial score (nSPS) is 15.4. The van der Waals surface area contributed by atoms with Crippen LogP contribution in [0.4, 0.5) is 0 Å². The molecule has 1 aliphatic rings. The average molecular weight is 303 g/mol. The Hall–Kier alpha value is -1.88. The van der Waals surface area contributed by atoms with Crippen molar-refractivity contribution in [3.63, 3.8) is 0 Å². The van der Waals surface area contributed by atoms with Crippen molar-refractivity contribution in [2.75, 3.05) is 19.6 Å². The number of hydrogen-bond donors (Lipinski definition) is 2. The number of amides is 2. The van der Waals surface area contributed by atoms with Crippen LogP contribution in [0, 0.1) is 0 Å². The van der Waals surface area contributed by atoms with Gasteiger partial charge in [0.15, 0.2) is 0 Å². The molecule has 1 aromatic carbocycles. The van der Waals surface area contributed by atoms with Crippen LogP contribution < -0.4 is 10.6 Å². The molecular weight excluding hydrogens is 278 g/mol. The lowest BCUT2D eigenvalue weighted by molar-refractivity contribution is -0.129. The molecule has 0 saturated heterocycles. The number of nitrogens with zero attached hydrogens (tertiary/aromatic N) is 1. The Balaban J connectivity index is 2.16. The van der Waals surface area contributed by atoms with E-state index in [2.05, 4.69) is 10.6 Å². The van der Waals surface area contributed by atoms with Gasteiger partial charge in [-0.25, -0.2) is 0 Å². The Kier molecular flexibility index (Phi) is 5.95. The second-order valence-corrected chi connectivity index (χ2v) is 5.61. The molecule has 2 N–H and O–H groups in total. The first kappa shape index (κ1) is 16.5. The summed E-state index contributed by atoms with van der Waals surface area (Å²) in [7, 11) is 0. The predicted octanol–water partition coefficient (Wildman–Crippen LogP) is 1.46. The first-order chi connectivity index (χ1) is 10.7. The summed E-state index contributed by atoms with van der Waals surface area (Å²) in [6.07, 6.45) is 2.10. The van der Waals surface area contributed by atoms with Crippen molar-refractivity contribution in [2.24, 2.45) is 0 Å². The van der Waals surface area contributed by atoms with Crippen molar-refractivity contribution < 1.29 is 9.59 Å². The van der Waals surface area contributed by atoms with E-state index >= 15 is 0 Å². The van der Waals surface area contributed by atoms with E-state index < -0.39 is 6.04 Å². The molecule has 0 heterocycles. The van der Waals surface area contributed by atoms with Crippen LogP contribution in [-0.2, 0) is 9.59 Å². The van der Waals surface area contributed by atoms with Gasteiger partial charge in [-0.05, 0) is 31.9 Å². The molecule has 1 fully saturated rings. The predicted molar refractivity (Wildman–Crippen MR) is 86.3 cm³/mol. The molecule has 0 radical (unpaired) electrons. The highest BCUT2D eigenvalue weighted by Crippen LogP contribution is 2.24. The van der Waals surface area contributed by atoms with Gasteiger partial charge in [-0.2, -0.15) is 0 Å². The maximum Gasteiger partial charge on any atom is 0.242 e. The lowest BCUT2D eigenvalue weighted by Crippen LogP contribution is -2.45. The number of nitrogens with one attached hydrogen (secondary N) is 2. The fraction of sp³-hybridized carbons (Fsp3) is 0.529. The smallest absolute Gasteiger partial charge is 0.242 e. The van der Waals surface area contributed by atoms with Gasteiger partial charge in [0.1, 0.15) is 6.04 Å². The zero-order valence-corrected chi connectivity index (χ0v) is 13.3. The highest BCUT2D eigenvalue weighted by atomic mass is 16.2. The van der Waals surface area contributed by atoms with Gasteiger partial charge in [0.25, 0.3) is 0 Å². The van der Waals surface area contributed by atoms with Gasteiger partial charge in [0, 0.05) is 12.6 Å². The highest BCUT2D eigenvalue weighted by Gasteiger charge is 2.32. The molecule has 0 aromatic heterocycles. The van der Waals surface area contributed by atoms with Crippen LogP contribution in [0.1, 0.15) is 38.3 Å². The summed E-state index contributed by atoms with van der Waals surface area (Å²) < 4.78 is 0. The van der Waals surface area contributed by atoms with E-state index in [1.165, 1.54) is 0 Å². The number of carbonyl (C=O) groups excluding carboxylic acids is 2. The van der Waals surface area contributed by atoms with Gasteiger partial charge in [-0.1, -0.05) is 37.3 Å². The molecule has 1 aromatic rings. The first-order valence-corrected chi connectivity index (χ1v) is 8.01. The molecule has 1 atom stereocenters. The maximum atomic E-state index is 12.6. The standard InChI is InChI=1S/C17H25N3O2/c1-3-18-15(21)12-20(4-2)16(13-8-6-5-7-9-13)17(22)19-14-10-11-14/h5-9,14,16H,3-4,10-12H2,1-2H3,(H,18,21)(H,19,22)/t16-/m1/s1. The van der Waals surface area contributed by atoms with Gasteiger partial charge in [-0.3, -0.25) is 14.5 Å². The molecule has 2 rings (SSSR count). The lowest BCUT2D eigenvalue weighted by Gasteiger charge is -2.29. The minimum Gasteiger partial charge on any atom is -0.355 e. The summed E-state index contributed by atoms with van der Waals surface area (Å²) in [5.41, 5.74) is 0.923. The number of carbonyl (C=O) groups is 2. The van der Waals surface area contributed by atoms with Crippen molar-refractivity contribution in [3.8, 4) is 0 Å². The molecule has 0 unspecified atom stereocenters. The van der Waals surface area contributed by atoms with Crippen LogP contribution in [0.5, 0.6) is 0 Å². The minimum atomic E-state index is -0.422. The number of rotatable bonds is 8. The van der Waals surface area contributed by atoms with E-state index in [0.29, 0.717) is 19.1 Å². The number of benzene rings is 1. The molecular formula is C17H25N3O2. The molecule has 120 valence electrons. The lowest BCUT2D eigenvalue weighted by atomic mass is 10.0. The summed E-state index contributed by atoms with van der Waals surface area (Å²) in [6.45, 7) is 5.32. The summed E-state index contributed by atoms with van der Waals surface area (Å²) in [5, 5.41) is 5.86. The molecule has 5 heteroatoms. The Morgan fingerprint density at radius 1 is 1.23 bits per heavy atom. The number of likely N-dealkylation sites (N-methyl/N-ethyl adjacent to an activating group) is 2. The van der Waals surface area contributed by atoms with E-state index in [1.54, 1.807) is 0 Å². The largest absolute Gasteiger partial charge is 0.355 e. The summed E-state index contributed by atoms with van der Waals surface area (Å²) in [6, 6.07) is 9.55. The maximum absolute atomic E-state index is 12.6. The molecule has 1 saturated carbocycles. The molecule has 22 heavy (non-hydrogen) atoms. The number of hydrogen-bond acceptors (Lipinski definition) is 3. The topological polar surface area (TPSA) is 61.4 Å². The van der Waals surface area contributed by atoms with Crippen LogP contribution in [0.2, 0.25) is 0 Å². The zero-order chi connectivity index (χ0) is 15.9. The zero-order valence-electron chi connectivity index (χ0n) is 13.3. The van der Waals surface area contributed by atoms with Gasteiger partial charge >= 0.3 is 0 Å². The Morgan fingerprint density at radius 2 is 1.91 bits per heavy atom. The van der Waals surface area contributed by atoms with E-state index in [4.69, 9.17) is 0 Å². The second kappa shape index (κ2) is 7.94. The van der Waals surface area contributed by atoms with Crippen LogP contribution in [0.25, 0.3) is 0 Å². The molecule has 2 amide bonds. The third-order valence-electron chi connectivity index (χ3n) is 3.78. The Bertz CT molecular complexity index is 500. The van der Waals surface area contributed by atoms with Crippen LogP contribution in [0.3, 0.4) is 0 Å². The van der Waals surface area contributed by atoms with Crippen molar-refractivity contribution in [1.29, 1.82) is 0 Å². The molecule has 0 aliphatic heterocycles.